The molecule has 5 heteroatoms. The number of aliphatic hydroxyl groups is 1. The van der Waals surface area contributed by atoms with Gasteiger partial charge in [-0.2, -0.15) is 0 Å². The molecule has 2 aliphatic heterocycles. The molecule has 142 valence electrons. The van der Waals surface area contributed by atoms with Crippen molar-refractivity contribution in [2.45, 2.75) is 31.3 Å². The van der Waals surface area contributed by atoms with Crippen LogP contribution in [0.4, 0.5) is 0 Å². The number of aromatic nitrogens is 1. The van der Waals surface area contributed by atoms with Crippen molar-refractivity contribution in [2.24, 2.45) is 0 Å². The van der Waals surface area contributed by atoms with E-state index in [1.54, 1.807) is 12.4 Å². The van der Waals surface area contributed by atoms with Gasteiger partial charge in [0.2, 0.25) is 0 Å². The van der Waals surface area contributed by atoms with Crippen LogP contribution in [0.3, 0.4) is 0 Å². The molecule has 0 bridgehead atoms. The number of nitrogens with zero attached hydrogens (tertiary/aromatic N) is 3. The first-order valence-electron chi connectivity index (χ1n) is 9.87. The van der Waals surface area contributed by atoms with Crippen LogP contribution in [-0.4, -0.2) is 64.1 Å². The highest BCUT2D eigenvalue weighted by Gasteiger charge is 2.36. The van der Waals surface area contributed by atoms with Gasteiger partial charge in [0.1, 0.15) is 0 Å². The number of likely N-dealkylation sites (tertiary alicyclic amines) is 2. The van der Waals surface area contributed by atoms with E-state index >= 15 is 0 Å². The molecule has 0 radical (unpaired) electrons. The van der Waals surface area contributed by atoms with E-state index in [1.165, 1.54) is 12.8 Å². The minimum absolute atomic E-state index is 0.0551. The highest BCUT2D eigenvalue weighted by molar-refractivity contribution is 5.94. The van der Waals surface area contributed by atoms with E-state index in [0.29, 0.717) is 31.5 Å². The highest BCUT2D eigenvalue weighted by atomic mass is 16.3. The molecule has 2 aromatic rings. The van der Waals surface area contributed by atoms with Crippen molar-refractivity contribution in [1.82, 2.24) is 14.8 Å². The van der Waals surface area contributed by atoms with E-state index in [9.17, 15) is 9.90 Å². The van der Waals surface area contributed by atoms with Crippen LogP contribution in [0.5, 0.6) is 0 Å². The Hall–Kier alpha value is -2.24. The summed E-state index contributed by atoms with van der Waals surface area (Å²) < 4.78 is 0. The van der Waals surface area contributed by atoms with Crippen molar-refractivity contribution >= 4 is 5.91 Å². The standard InChI is InChI=1S/C22H27N3O2/c26-21(20-5-3-18(4-6-20)19-7-11-23-12-8-19)25-15-9-22(27,10-16-25)17-24-13-1-2-14-24/h3-8,11-12,27H,1-2,9-10,13-17H2. The minimum Gasteiger partial charge on any atom is -0.388 e. The topological polar surface area (TPSA) is 56.7 Å². The number of carbonyl (C=O) groups is 1. The van der Waals surface area contributed by atoms with Crippen LogP contribution in [0.1, 0.15) is 36.0 Å². The molecule has 1 aromatic heterocycles. The molecule has 2 saturated heterocycles. The number of carbonyl (C=O) groups excluding carboxylic acids is 1. The van der Waals surface area contributed by atoms with Gasteiger partial charge in [-0.1, -0.05) is 12.1 Å². The summed E-state index contributed by atoms with van der Waals surface area (Å²) in [7, 11) is 0. The lowest BCUT2D eigenvalue weighted by atomic mass is 9.90. The molecule has 0 spiro atoms. The fourth-order valence-electron chi connectivity index (χ4n) is 4.17. The fraction of sp³-hybridized carbons (Fsp3) is 0.455. The number of β-amino-alcohol motifs (C(OH)–C–C–N with tert-alkyl or cyclic N) is 1. The lowest BCUT2D eigenvalue weighted by Gasteiger charge is -2.40. The molecule has 0 atom stereocenters. The van der Waals surface area contributed by atoms with Crippen molar-refractivity contribution in [3.63, 3.8) is 0 Å². The summed E-state index contributed by atoms with van der Waals surface area (Å²) >= 11 is 0. The Balaban J connectivity index is 1.36. The van der Waals surface area contributed by atoms with E-state index in [1.807, 2.05) is 41.3 Å². The van der Waals surface area contributed by atoms with E-state index in [-0.39, 0.29) is 5.91 Å². The Morgan fingerprint density at radius 3 is 2.15 bits per heavy atom. The average Bonchev–Trinajstić information content (AvgIpc) is 3.21. The van der Waals surface area contributed by atoms with Crippen molar-refractivity contribution in [1.29, 1.82) is 0 Å². The number of benzene rings is 1. The first kappa shape index (κ1) is 18.1. The Kier molecular flexibility index (Phi) is 5.23. The maximum absolute atomic E-state index is 12.8. The molecule has 5 nitrogen and oxygen atoms in total. The van der Waals surface area contributed by atoms with Crippen LogP contribution < -0.4 is 0 Å². The quantitative estimate of drug-likeness (QED) is 0.905. The maximum Gasteiger partial charge on any atom is 0.253 e. The summed E-state index contributed by atoms with van der Waals surface area (Å²) in [5.74, 6) is 0.0551. The highest BCUT2D eigenvalue weighted by Crippen LogP contribution is 2.26. The van der Waals surface area contributed by atoms with E-state index in [2.05, 4.69) is 9.88 Å². The molecule has 0 saturated carbocycles. The van der Waals surface area contributed by atoms with Gasteiger partial charge in [0.15, 0.2) is 0 Å². The molecule has 27 heavy (non-hydrogen) atoms. The zero-order valence-corrected chi connectivity index (χ0v) is 15.7. The van der Waals surface area contributed by atoms with Crippen LogP contribution in [0, 0.1) is 0 Å². The summed E-state index contributed by atoms with van der Waals surface area (Å²) in [6, 6.07) is 11.7. The van der Waals surface area contributed by atoms with Gasteiger partial charge in [-0.25, -0.2) is 0 Å². The third kappa shape index (κ3) is 4.20. The molecule has 2 aliphatic rings. The second-order valence-corrected chi connectivity index (χ2v) is 7.81. The molecule has 0 unspecified atom stereocenters. The van der Waals surface area contributed by atoms with Crippen LogP contribution in [0.2, 0.25) is 0 Å². The molecular weight excluding hydrogens is 338 g/mol. The van der Waals surface area contributed by atoms with Gasteiger partial charge < -0.3 is 14.9 Å². The van der Waals surface area contributed by atoms with Gasteiger partial charge in [-0.3, -0.25) is 9.78 Å². The number of hydrogen-bond donors (Lipinski definition) is 1. The van der Waals surface area contributed by atoms with E-state index in [4.69, 9.17) is 0 Å². The number of hydrogen-bond acceptors (Lipinski definition) is 4. The van der Waals surface area contributed by atoms with Gasteiger partial charge in [-0.15, -0.1) is 0 Å². The van der Waals surface area contributed by atoms with Gasteiger partial charge in [0, 0.05) is 37.6 Å². The monoisotopic (exact) mass is 365 g/mol. The largest absolute Gasteiger partial charge is 0.388 e. The second-order valence-electron chi connectivity index (χ2n) is 7.81. The van der Waals surface area contributed by atoms with E-state index < -0.39 is 5.60 Å². The summed E-state index contributed by atoms with van der Waals surface area (Å²) in [4.78, 5) is 21.1. The first-order chi connectivity index (χ1) is 13.1. The van der Waals surface area contributed by atoms with Gasteiger partial charge >= 0.3 is 0 Å². The minimum atomic E-state index is -0.647. The van der Waals surface area contributed by atoms with Crippen LogP contribution in [-0.2, 0) is 0 Å². The number of rotatable bonds is 4. The third-order valence-corrected chi connectivity index (χ3v) is 5.84. The van der Waals surface area contributed by atoms with Gasteiger partial charge in [0.05, 0.1) is 5.60 Å². The average molecular weight is 365 g/mol. The van der Waals surface area contributed by atoms with Crippen molar-refractivity contribution < 1.29 is 9.90 Å². The molecule has 1 N–H and O–H groups in total. The normalized spacial score (nSPS) is 20.0. The molecule has 4 rings (SSSR count). The van der Waals surface area contributed by atoms with E-state index in [0.717, 1.165) is 30.8 Å². The second kappa shape index (κ2) is 7.79. The van der Waals surface area contributed by atoms with Crippen molar-refractivity contribution in [3.8, 4) is 11.1 Å². The Bertz CT molecular complexity index is 762. The summed E-state index contributed by atoms with van der Waals surface area (Å²) in [5.41, 5.74) is 2.23. The van der Waals surface area contributed by atoms with Crippen molar-refractivity contribution in [2.75, 3.05) is 32.7 Å². The molecular formula is C22H27N3O2. The van der Waals surface area contributed by atoms with Crippen LogP contribution in [0.25, 0.3) is 11.1 Å². The third-order valence-electron chi connectivity index (χ3n) is 5.84. The zero-order valence-electron chi connectivity index (χ0n) is 15.7. The van der Waals surface area contributed by atoms with Crippen LogP contribution >= 0.6 is 0 Å². The summed E-state index contributed by atoms with van der Waals surface area (Å²) in [6.45, 7) is 4.17. The number of pyridine rings is 1. The lowest BCUT2D eigenvalue weighted by molar-refractivity contribution is -0.0367. The Morgan fingerprint density at radius 1 is 0.926 bits per heavy atom. The Labute approximate surface area is 160 Å². The molecule has 1 amide bonds. The number of piperidine rings is 1. The molecule has 2 fully saturated rings. The molecule has 1 aromatic carbocycles. The maximum atomic E-state index is 12.8. The van der Waals surface area contributed by atoms with Crippen molar-refractivity contribution in [3.05, 3.63) is 54.4 Å². The van der Waals surface area contributed by atoms with Gasteiger partial charge in [-0.05, 0) is 74.2 Å². The summed E-state index contributed by atoms with van der Waals surface area (Å²) in [6.07, 6.45) is 7.32. The first-order valence-corrected chi connectivity index (χ1v) is 9.87. The molecule has 3 heterocycles. The molecule has 0 aliphatic carbocycles. The predicted octanol–water partition coefficient (Wildman–Crippen LogP) is 2.81. The fourth-order valence-corrected chi connectivity index (χ4v) is 4.17. The SMILES string of the molecule is O=C(c1ccc(-c2ccncc2)cc1)N1CCC(O)(CN2CCCC2)CC1. The van der Waals surface area contributed by atoms with Gasteiger partial charge in [0.25, 0.3) is 5.91 Å². The lowest BCUT2D eigenvalue weighted by Crippen LogP contribution is -2.51. The zero-order chi connectivity index (χ0) is 18.7. The predicted molar refractivity (Wildman–Crippen MR) is 105 cm³/mol. The smallest absolute Gasteiger partial charge is 0.253 e. The summed E-state index contributed by atoms with van der Waals surface area (Å²) in [5, 5.41) is 10.9. The number of amides is 1. The van der Waals surface area contributed by atoms with Crippen LogP contribution in [0.15, 0.2) is 48.8 Å². The Morgan fingerprint density at radius 2 is 1.52 bits per heavy atom.